The second-order valence-corrected chi connectivity index (χ2v) is 7.06. The van der Waals surface area contributed by atoms with Crippen LogP contribution in [-0.4, -0.2) is 17.3 Å². The van der Waals surface area contributed by atoms with E-state index in [4.69, 9.17) is 9.84 Å². The SMILES string of the molecule is CC(C)Cc1ccc(OC(C)(C)CO)cc1.CCC(C)C. The summed E-state index contributed by atoms with van der Waals surface area (Å²) in [6.07, 6.45) is 2.39. The zero-order chi connectivity index (χ0) is 16.5. The summed E-state index contributed by atoms with van der Waals surface area (Å²) in [6.45, 7) is 14.8. The predicted octanol–water partition coefficient (Wildman–Crippen LogP) is 5.09. The average molecular weight is 294 g/mol. The third-order valence-electron chi connectivity index (χ3n) is 3.16. The lowest BCUT2D eigenvalue weighted by Crippen LogP contribution is -2.32. The number of benzene rings is 1. The van der Waals surface area contributed by atoms with Gasteiger partial charge in [-0.1, -0.05) is 53.2 Å². The normalized spacial score (nSPS) is 11.3. The molecule has 0 heterocycles. The molecular weight excluding hydrogens is 260 g/mol. The van der Waals surface area contributed by atoms with E-state index < -0.39 is 5.60 Å². The van der Waals surface area contributed by atoms with Crippen molar-refractivity contribution in [2.24, 2.45) is 11.8 Å². The Morgan fingerprint density at radius 2 is 1.48 bits per heavy atom. The summed E-state index contributed by atoms with van der Waals surface area (Å²) < 4.78 is 5.66. The highest BCUT2D eigenvalue weighted by atomic mass is 16.5. The van der Waals surface area contributed by atoms with Crippen LogP contribution in [0, 0.1) is 11.8 Å². The van der Waals surface area contributed by atoms with E-state index in [2.05, 4.69) is 46.8 Å². The van der Waals surface area contributed by atoms with E-state index in [1.54, 1.807) is 0 Å². The van der Waals surface area contributed by atoms with Crippen molar-refractivity contribution in [1.29, 1.82) is 0 Å². The van der Waals surface area contributed by atoms with Gasteiger partial charge in [0, 0.05) is 0 Å². The van der Waals surface area contributed by atoms with Gasteiger partial charge in [-0.3, -0.25) is 0 Å². The molecule has 0 aromatic heterocycles. The second kappa shape index (κ2) is 9.83. The fraction of sp³-hybridized carbons (Fsp3) is 0.684. The van der Waals surface area contributed by atoms with E-state index in [1.807, 2.05) is 26.0 Å². The lowest BCUT2D eigenvalue weighted by atomic mass is 10.0. The smallest absolute Gasteiger partial charge is 0.126 e. The molecule has 0 aliphatic rings. The van der Waals surface area contributed by atoms with Crippen molar-refractivity contribution in [3.63, 3.8) is 0 Å². The predicted molar refractivity (Wildman–Crippen MR) is 91.9 cm³/mol. The molecule has 1 aromatic rings. The van der Waals surface area contributed by atoms with Gasteiger partial charge < -0.3 is 9.84 Å². The number of aliphatic hydroxyl groups is 1. The fourth-order valence-electron chi connectivity index (χ4n) is 1.52. The van der Waals surface area contributed by atoms with Crippen LogP contribution < -0.4 is 4.74 Å². The maximum atomic E-state index is 9.10. The van der Waals surface area contributed by atoms with Gasteiger partial charge in [0.1, 0.15) is 11.4 Å². The Morgan fingerprint density at radius 3 is 1.81 bits per heavy atom. The van der Waals surface area contributed by atoms with E-state index in [1.165, 1.54) is 12.0 Å². The number of hydrogen-bond acceptors (Lipinski definition) is 2. The van der Waals surface area contributed by atoms with Crippen molar-refractivity contribution >= 4 is 0 Å². The van der Waals surface area contributed by atoms with E-state index in [-0.39, 0.29) is 6.61 Å². The number of rotatable bonds is 6. The number of hydrogen-bond donors (Lipinski definition) is 1. The molecule has 0 saturated carbocycles. The highest BCUT2D eigenvalue weighted by Gasteiger charge is 2.17. The summed E-state index contributed by atoms with van der Waals surface area (Å²) in [5.41, 5.74) is 0.809. The van der Waals surface area contributed by atoms with Crippen LogP contribution in [0.15, 0.2) is 24.3 Å². The largest absolute Gasteiger partial charge is 0.485 e. The Labute approximate surface area is 131 Å². The van der Waals surface area contributed by atoms with Crippen molar-refractivity contribution in [3.8, 4) is 5.75 Å². The van der Waals surface area contributed by atoms with Gasteiger partial charge in [0.25, 0.3) is 0 Å². The molecule has 0 unspecified atom stereocenters. The van der Waals surface area contributed by atoms with E-state index >= 15 is 0 Å². The first-order valence-corrected chi connectivity index (χ1v) is 8.09. The highest BCUT2D eigenvalue weighted by molar-refractivity contribution is 5.28. The van der Waals surface area contributed by atoms with Gasteiger partial charge in [-0.15, -0.1) is 0 Å². The lowest BCUT2D eigenvalue weighted by molar-refractivity contribution is 0.0412. The molecule has 0 fully saturated rings. The molecule has 0 saturated heterocycles. The number of aliphatic hydroxyl groups excluding tert-OH is 1. The van der Waals surface area contributed by atoms with Crippen LogP contribution in [0.1, 0.15) is 60.5 Å². The molecule has 0 spiro atoms. The standard InChI is InChI=1S/C14H22O2.C5H12/c1-11(2)9-12-5-7-13(8-6-12)16-14(3,4)10-15;1-4-5(2)3/h5-8,11,15H,9-10H2,1-4H3;5H,4H2,1-3H3. The first-order chi connectivity index (χ1) is 9.70. The Morgan fingerprint density at radius 1 is 1.00 bits per heavy atom. The topological polar surface area (TPSA) is 29.5 Å². The highest BCUT2D eigenvalue weighted by Crippen LogP contribution is 2.19. The van der Waals surface area contributed by atoms with Gasteiger partial charge in [-0.05, 0) is 49.8 Å². The molecule has 0 amide bonds. The lowest BCUT2D eigenvalue weighted by Gasteiger charge is -2.24. The van der Waals surface area contributed by atoms with E-state index in [0.29, 0.717) is 5.92 Å². The molecule has 0 aliphatic heterocycles. The fourth-order valence-corrected chi connectivity index (χ4v) is 1.52. The van der Waals surface area contributed by atoms with Crippen LogP contribution in [0.5, 0.6) is 5.75 Å². The van der Waals surface area contributed by atoms with Gasteiger partial charge in [0.2, 0.25) is 0 Å². The molecule has 122 valence electrons. The maximum absolute atomic E-state index is 9.10. The first-order valence-electron chi connectivity index (χ1n) is 8.09. The average Bonchev–Trinajstić information content (AvgIpc) is 2.41. The summed E-state index contributed by atoms with van der Waals surface area (Å²) in [5, 5.41) is 9.10. The van der Waals surface area contributed by atoms with E-state index in [0.717, 1.165) is 18.1 Å². The van der Waals surface area contributed by atoms with Crippen LogP contribution in [0.2, 0.25) is 0 Å². The summed E-state index contributed by atoms with van der Waals surface area (Å²) in [4.78, 5) is 0. The molecule has 1 aromatic carbocycles. The molecule has 1 N–H and O–H groups in total. The van der Waals surface area contributed by atoms with Gasteiger partial charge in [0.15, 0.2) is 0 Å². The monoisotopic (exact) mass is 294 g/mol. The Hall–Kier alpha value is -1.02. The molecule has 0 atom stereocenters. The molecule has 21 heavy (non-hydrogen) atoms. The van der Waals surface area contributed by atoms with Crippen LogP contribution in [0.25, 0.3) is 0 Å². The minimum atomic E-state index is -0.514. The quantitative estimate of drug-likeness (QED) is 0.792. The van der Waals surface area contributed by atoms with Crippen LogP contribution in [-0.2, 0) is 6.42 Å². The van der Waals surface area contributed by atoms with Crippen molar-refractivity contribution in [2.75, 3.05) is 6.61 Å². The Balaban J connectivity index is 0.000000690. The van der Waals surface area contributed by atoms with Crippen molar-refractivity contribution in [2.45, 2.75) is 66.9 Å². The van der Waals surface area contributed by atoms with Crippen LogP contribution in [0.4, 0.5) is 0 Å². The van der Waals surface area contributed by atoms with Gasteiger partial charge >= 0.3 is 0 Å². The second-order valence-electron chi connectivity index (χ2n) is 7.06. The molecule has 2 heteroatoms. The molecule has 0 bridgehead atoms. The van der Waals surface area contributed by atoms with Gasteiger partial charge in [0.05, 0.1) is 6.61 Å². The minimum Gasteiger partial charge on any atom is -0.485 e. The van der Waals surface area contributed by atoms with Crippen molar-refractivity contribution in [3.05, 3.63) is 29.8 Å². The van der Waals surface area contributed by atoms with Gasteiger partial charge in [-0.25, -0.2) is 0 Å². The third kappa shape index (κ3) is 10.4. The molecule has 0 aliphatic carbocycles. The van der Waals surface area contributed by atoms with Gasteiger partial charge in [-0.2, -0.15) is 0 Å². The maximum Gasteiger partial charge on any atom is 0.126 e. The number of ether oxygens (including phenoxy) is 1. The Bertz CT molecular complexity index is 364. The third-order valence-corrected chi connectivity index (χ3v) is 3.16. The van der Waals surface area contributed by atoms with E-state index in [9.17, 15) is 0 Å². The summed E-state index contributed by atoms with van der Waals surface area (Å²) >= 11 is 0. The Kier molecular flexibility index (Phi) is 9.36. The van der Waals surface area contributed by atoms with Crippen molar-refractivity contribution < 1.29 is 9.84 Å². The minimum absolute atomic E-state index is 0.0146. The summed E-state index contributed by atoms with van der Waals surface area (Å²) in [6, 6.07) is 8.11. The summed E-state index contributed by atoms with van der Waals surface area (Å²) in [5.74, 6) is 2.36. The van der Waals surface area contributed by atoms with Crippen LogP contribution >= 0.6 is 0 Å². The zero-order valence-corrected chi connectivity index (χ0v) is 14.9. The first kappa shape index (κ1) is 20.0. The molecule has 1 rings (SSSR count). The molecular formula is C19H34O2. The zero-order valence-electron chi connectivity index (χ0n) is 14.9. The molecule has 0 radical (unpaired) electrons. The molecule has 2 nitrogen and oxygen atoms in total. The van der Waals surface area contributed by atoms with Crippen LogP contribution in [0.3, 0.4) is 0 Å². The summed E-state index contributed by atoms with van der Waals surface area (Å²) in [7, 11) is 0. The van der Waals surface area contributed by atoms with Crippen molar-refractivity contribution in [1.82, 2.24) is 0 Å².